The van der Waals surface area contributed by atoms with E-state index in [2.05, 4.69) is 21.8 Å². The van der Waals surface area contributed by atoms with Crippen LogP contribution in [0, 0.1) is 0 Å². The minimum Gasteiger partial charge on any atom is -0.302 e. The van der Waals surface area contributed by atoms with Crippen LogP contribution in [0.25, 0.3) is 0 Å². The largest absolute Gasteiger partial charge is 0.302 e. The second kappa shape index (κ2) is 4.30. The molecule has 0 saturated heterocycles. The quantitative estimate of drug-likeness (QED) is 0.784. The molecule has 0 aliphatic heterocycles. The van der Waals surface area contributed by atoms with E-state index in [-0.39, 0.29) is 0 Å². The van der Waals surface area contributed by atoms with Crippen LogP contribution in [0.5, 0.6) is 0 Å². The van der Waals surface area contributed by atoms with Crippen molar-refractivity contribution in [3.8, 4) is 0 Å². The monoisotopic (exact) mass is 208 g/mol. The van der Waals surface area contributed by atoms with Gasteiger partial charge < -0.3 is 4.72 Å². The summed E-state index contributed by atoms with van der Waals surface area (Å²) in [5.41, 5.74) is 0. The van der Waals surface area contributed by atoms with Crippen LogP contribution in [0.3, 0.4) is 0 Å². The second-order valence-electron chi connectivity index (χ2n) is 2.35. The Hall–Kier alpha value is -1.00. The van der Waals surface area contributed by atoms with Crippen LogP contribution in [0.2, 0.25) is 0 Å². The van der Waals surface area contributed by atoms with Crippen molar-refractivity contribution in [2.75, 3.05) is 4.72 Å². The molecule has 0 aliphatic carbocycles. The van der Waals surface area contributed by atoms with Crippen molar-refractivity contribution < 1.29 is 0 Å². The molecule has 0 aliphatic rings. The zero-order valence-electron chi connectivity index (χ0n) is 6.81. The molecule has 1 aromatic carbocycles. The Morgan fingerprint density at radius 2 is 2.08 bits per heavy atom. The molecular weight excluding hydrogens is 200 g/mol. The Balaban J connectivity index is 1.94. The molecule has 2 aromatic rings. The summed E-state index contributed by atoms with van der Waals surface area (Å²) < 4.78 is 3.16. The van der Waals surface area contributed by atoms with Crippen LogP contribution in [-0.2, 0) is 0 Å². The third kappa shape index (κ3) is 2.47. The third-order valence-electron chi connectivity index (χ3n) is 1.43. The highest BCUT2D eigenvalue weighted by Gasteiger charge is 1.94. The number of nitrogens with zero attached hydrogens (tertiary/aromatic N) is 1. The Morgan fingerprint density at radius 1 is 1.23 bits per heavy atom. The standard InChI is InChI=1S/C9H8N2S2/c1-2-4-8(5-3-1)13-11-9-10-6-7-12-9/h1-7H,(H,10,11). The van der Waals surface area contributed by atoms with E-state index in [1.54, 1.807) is 29.5 Å². The summed E-state index contributed by atoms with van der Waals surface area (Å²) in [5.74, 6) is 0. The summed E-state index contributed by atoms with van der Waals surface area (Å²) >= 11 is 3.18. The SMILES string of the molecule is c1ccc(SNc2nccs2)cc1. The minimum absolute atomic E-state index is 0.939. The average Bonchev–Trinajstić information content (AvgIpc) is 2.69. The molecule has 0 saturated carbocycles. The molecule has 0 bridgehead atoms. The number of benzene rings is 1. The summed E-state index contributed by atoms with van der Waals surface area (Å²) in [6.45, 7) is 0. The maximum Gasteiger partial charge on any atom is 0.192 e. The van der Waals surface area contributed by atoms with Crippen LogP contribution >= 0.6 is 23.3 Å². The normalized spacial score (nSPS) is 9.85. The average molecular weight is 208 g/mol. The van der Waals surface area contributed by atoms with Gasteiger partial charge in [0, 0.05) is 16.5 Å². The maximum atomic E-state index is 4.12. The van der Waals surface area contributed by atoms with Gasteiger partial charge in [0.25, 0.3) is 0 Å². The van der Waals surface area contributed by atoms with Crippen LogP contribution in [-0.4, -0.2) is 4.98 Å². The summed E-state index contributed by atoms with van der Waals surface area (Å²) in [5, 5.41) is 2.89. The van der Waals surface area contributed by atoms with Gasteiger partial charge in [-0.15, -0.1) is 11.3 Å². The van der Waals surface area contributed by atoms with E-state index in [1.807, 2.05) is 23.6 Å². The van der Waals surface area contributed by atoms with Gasteiger partial charge >= 0.3 is 0 Å². The zero-order valence-corrected chi connectivity index (χ0v) is 8.44. The van der Waals surface area contributed by atoms with Crippen molar-refractivity contribution in [3.63, 3.8) is 0 Å². The van der Waals surface area contributed by atoms with Crippen molar-refractivity contribution in [1.82, 2.24) is 4.98 Å². The lowest BCUT2D eigenvalue weighted by atomic mass is 10.4. The van der Waals surface area contributed by atoms with Crippen molar-refractivity contribution in [2.45, 2.75) is 4.90 Å². The number of anilines is 1. The number of rotatable bonds is 3. The van der Waals surface area contributed by atoms with Gasteiger partial charge in [0.1, 0.15) is 0 Å². The fraction of sp³-hybridized carbons (Fsp3) is 0. The Kier molecular flexibility index (Phi) is 2.84. The molecule has 4 heteroatoms. The topological polar surface area (TPSA) is 24.9 Å². The molecule has 0 fully saturated rings. The highest BCUT2D eigenvalue weighted by Crippen LogP contribution is 2.21. The molecule has 1 heterocycles. The Morgan fingerprint density at radius 3 is 2.77 bits per heavy atom. The molecule has 1 N–H and O–H groups in total. The summed E-state index contributed by atoms with van der Waals surface area (Å²) in [4.78, 5) is 5.31. The van der Waals surface area contributed by atoms with Crippen LogP contribution in [0.4, 0.5) is 5.13 Å². The third-order valence-corrected chi connectivity index (χ3v) is 3.05. The van der Waals surface area contributed by atoms with E-state index >= 15 is 0 Å². The van der Waals surface area contributed by atoms with Gasteiger partial charge in [0.05, 0.1) is 0 Å². The van der Waals surface area contributed by atoms with E-state index in [0.29, 0.717) is 0 Å². The van der Waals surface area contributed by atoms with Crippen LogP contribution in [0.1, 0.15) is 0 Å². The smallest absolute Gasteiger partial charge is 0.192 e. The van der Waals surface area contributed by atoms with Gasteiger partial charge in [0.15, 0.2) is 5.13 Å². The van der Waals surface area contributed by atoms with E-state index < -0.39 is 0 Å². The predicted molar refractivity (Wildman–Crippen MR) is 58.0 cm³/mol. The fourth-order valence-corrected chi connectivity index (χ4v) is 2.11. The van der Waals surface area contributed by atoms with Gasteiger partial charge in [-0.25, -0.2) is 4.98 Å². The van der Waals surface area contributed by atoms with Gasteiger partial charge in [-0.05, 0) is 24.1 Å². The van der Waals surface area contributed by atoms with Crippen LogP contribution < -0.4 is 4.72 Å². The molecule has 1 aromatic heterocycles. The Labute approximate surface area is 85.2 Å². The summed E-state index contributed by atoms with van der Waals surface area (Å²) in [6.07, 6.45) is 1.79. The first-order valence-corrected chi connectivity index (χ1v) is 5.52. The highest BCUT2D eigenvalue weighted by atomic mass is 32.2. The van der Waals surface area contributed by atoms with Crippen molar-refractivity contribution in [3.05, 3.63) is 41.9 Å². The molecule has 0 amide bonds. The lowest BCUT2D eigenvalue weighted by Gasteiger charge is -1.99. The molecule has 0 radical (unpaired) electrons. The first kappa shape index (κ1) is 8.59. The first-order valence-electron chi connectivity index (χ1n) is 3.82. The number of nitrogens with one attached hydrogen (secondary N) is 1. The molecule has 66 valence electrons. The molecule has 0 spiro atoms. The minimum atomic E-state index is 0.939. The van der Waals surface area contributed by atoms with E-state index in [1.165, 1.54) is 4.90 Å². The van der Waals surface area contributed by atoms with E-state index in [0.717, 1.165) is 5.13 Å². The summed E-state index contributed by atoms with van der Waals surface area (Å²) in [6, 6.07) is 10.2. The number of hydrogen-bond acceptors (Lipinski definition) is 4. The lowest BCUT2D eigenvalue weighted by molar-refractivity contribution is 1.42. The first-order chi connectivity index (χ1) is 6.45. The molecule has 2 rings (SSSR count). The predicted octanol–water partition coefficient (Wildman–Crippen LogP) is 3.26. The highest BCUT2D eigenvalue weighted by molar-refractivity contribution is 8.00. The van der Waals surface area contributed by atoms with Crippen molar-refractivity contribution in [1.29, 1.82) is 0 Å². The van der Waals surface area contributed by atoms with Crippen molar-refractivity contribution >= 4 is 28.4 Å². The number of hydrogen-bond donors (Lipinski definition) is 1. The Bertz CT molecular complexity index is 345. The molecule has 2 nitrogen and oxygen atoms in total. The van der Waals surface area contributed by atoms with Gasteiger partial charge in [-0.1, -0.05) is 18.2 Å². The van der Waals surface area contributed by atoms with Crippen LogP contribution in [0.15, 0.2) is 46.8 Å². The van der Waals surface area contributed by atoms with Gasteiger partial charge in [0.2, 0.25) is 0 Å². The van der Waals surface area contributed by atoms with E-state index in [9.17, 15) is 0 Å². The van der Waals surface area contributed by atoms with Gasteiger partial charge in [-0.3, -0.25) is 0 Å². The van der Waals surface area contributed by atoms with Crippen molar-refractivity contribution in [2.24, 2.45) is 0 Å². The number of thiazole rings is 1. The molecule has 0 unspecified atom stereocenters. The van der Waals surface area contributed by atoms with E-state index in [4.69, 9.17) is 0 Å². The maximum absolute atomic E-state index is 4.12. The lowest BCUT2D eigenvalue weighted by Crippen LogP contribution is -1.83. The molecular formula is C9H8N2S2. The fourth-order valence-electron chi connectivity index (χ4n) is 0.865. The molecule has 0 atom stereocenters. The van der Waals surface area contributed by atoms with Gasteiger partial charge in [-0.2, -0.15) is 0 Å². The zero-order chi connectivity index (χ0) is 8.93. The molecule has 13 heavy (non-hydrogen) atoms. The second-order valence-corrected chi connectivity index (χ2v) is 4.13. The summed E-state index contributed by atoms with van der Waals surface area (Å²) in [7, 11) is 0. The number of aromatic nitrogens is 1.